The molecule has 3 rings (SSSR count). The molecule has 5 nitrogen and oxygen atoms in total. The van der Waals surface area contributed by atoms with Gasteiger partial charge in [0.2, 0.25) is 0 Å². The summed E-state index contributed by atoms with van der Waals surface area (Å²) >= 11 is 0. The Labute approximate surface area is 146 Å². The number of hydrogen-bond acceptors (Lipinski definition) is 3. The van der Waals surface area contributed by atoms with Gasteiger partial charge in [0.15, 0.2) is 0 Å². The monoisotopic (exact) mass is 336 g/mol. The van der Waals surface area contributed by atoms with Gasteiger partial charge in [0.25, 0.3) is 5.91 Å². The molecule has 5 heteroatoms. The molecule has 1 aromatic heterocycles. The maximum absolute atomic E-state index is 12.8. The lowest BCUT2D eigenvalue weighted by Crippen LogP contribution is -2.43. The molecule has 0 aliphatic heterocycles. The zero-order chi connectivity index (χ0) is 17.8. The van der Waals surface area contributed by atoms with Gasteiger partial charge in [0.05, 0.1) is 7.11 Å². The lowest BCUT2D eigenvalue weighted by Gasteiger charge is -2.17. The van der Waals surface area contributed by atoms with Crippen LogP contribution in [-0.4, -0.2) is 29.6 Å². The molecule has 0 aliphatic rings. The Bertz CT molecular complexity index is 900. The number of amides is 1. The number of ether oxygens (including phenoxy) is 1. The van der Waals surface area contributed by atoms with Gasteiger partial charge < -0.3 is 14.6 Å². The van der Waals surface area contributed by atoms with Crippen LogP contribution in [0.15, 0.2) is 60.8 Å². The number of fused-ring (bicyclic) bond motifs is 1. The number of aromatic nitrogens is 1. The first-order chi connectivity index (χ1) is 12.1. The molecule has 1 unspecified atom stereocenters. The molecule has 0 radical (unpaired) electrons. The smallest absolute Gasteiger partial charge is 0.328 e. The Hall–Kier alpha value is -3.08. The molecule has 0 fully saturated rings. The third-order valence-electron chi connectivity index (χ3n) is 4.25. The van der Waals surface area contributed by atoms with Crippen LogP contribution in [0.2, 0.25) is 0 Å². The average Bonchev–Trinajstić information content (AvgIpc) is 3.02. The summed E-state index contributed by atoms with van der Waals surface area (Å²) in [5.41, 5.74) is 2.46. The third kappa shape index (κ3) is 3.55. The van der Waals surface area contributed by atoms with E-state index in [0.29, 0.717) is 12.0 Å². The van der Waals surface area contributed by atoms with Crippen LogP contribution in [0, 0.1) is 0 Å². The molecule has 0 saturated heterocycles. The minimum Gasteiger partial charge on any atom is -0.467 e. The van der Waals surface area contributed by atoms with Crippen molar-refractivity contribution in [1.82, 2.24) is 9.88 Å². The molecule has 3 aromatic rings. The van der Waals surface area contributed by atoms with E-state index in [9.17, 15) is 9.59 Å². The van der Waals surface area contributed by atoms with Crippen molar-refractivity contribution in [2.24, 2.45) is 7.05 Å². The summed E-state index contributed by atoms with van der Waals surface area (Å²) in [6, 6.07) is 16.2. The SMILES string of the molecule is COC(=O)C(Cc1ccccc1)NC(=O)c1cccc2c1ccn2C. The van der Waals surface area contributed by atoms with Crippen molar-refractivity contribution >= 4 is 22.8 Å². The Kier molecular flexibility index (Phi) is 4.84. The summed E-state index contributed by atoms with van der Waals surface area (Å²) in [5, 5.41) is 3.66. The predicted molar refractivity (Wildman–Crippen MR) is 96.3 cm³/mol. The maximum Gasteiger partial charge on any atom is 0.328 e. The quantitative estimate of drug-likeness (QED) is 0.729. The van der Waals surface area contributed by atoms with Gasteiger partial charge in [-0.3, -0.25) is 4.79 Å². The Balaban J connectivity index is 1.85. The Morgan fingerprint density at radius 2 is 1.84 bits per heavy atom. The Morgan fingerprint density at radius 3 is 2.56 bits per heavy atom. The van der Waals surface area contributed by atoms with Gasteiger partial charge in [-0.1, -0.05) is 36.4 Å². The molecule has 0 saturated carbocycles. The number of methoxy groups -OCH3 is 1. The topological polar surface area (TPSA) is 60.3 Å². The maximum atomic E-state index is 12.8. The first kappa shape index (κ1) is 16.8. The lowest BCUT2D eigenvalue weighted by atomic mass is 10.0. The number of rotatable bonds is 5. The summed E-state index contributed by atoms with van der Waals surface area (Å²) in [5.74, 6) is -0.749. The van der Waals surface area contributed by atoms with Crippen LogP contribution >= 0.6 is 0 Å². The molecule has 0 aliphatic carbocycles. The Morgan fingerprint density at radius 1 is 1.08 bits per heavy atom. The fourth-order valence-corrected chi connectivity index (χ4v) is 2.92. The van der Waals surface area contributed by atoms with Crippen LogP contribution in [0.1, 0.15) is 15.9 Å². The summed E-state index contributed by atoms with van der Waals surface area (Å²) in [6.07, 6.45) is 2.28. The molecular formula is C20H20N2O3. The van der Waals surface area contributed by atoms with Crippen molar-refractivity contribution in [2.75, 3.05) is 7.11 Å². The molecule has 128 valence electrons. The van der Waals surface area contributed by atoms with Crippen molar-refractivity contribution in [3.05, 3.63) is 71.9 Å². The van der Waals surface area contributed by atoms with Crippen molar-refractivity contribution in [3.8, 4) is 0 Å². The number of nitrogens with zero attached hydrogens (tertiary/aromatic N) is 1. The minimum atomic E-state index is -0.737. The number of nitrogens with one attached hydrogen (secondary N) is 1. The summed E-state index contributed by atoms with van der Waals surface area (Å²) in [4.78, 5) is 24.9. The van der Waals surface area contributed by atoms with Crippen LogP contribution in [0.4, 0.5) is 0 Å². The van der Waals surface area contributed by atoms with Crippen molar-refractivity contribution in [2.45, 2.75) is 12.5 Å². The second kappa shape index (κ2) is 7.21. The van der Waals surface area contributed by atoms with Gasteiger partial charge in [-0.2, -0.15) is 0 Å². The summed E-state index contributed by atoms with van der Waals surface area (Å²) in [6.45, 7) is 0. The van der Waals surface area contributed by atoms with E-state index in [0.717, 1.165) is 16.5 Å². The van der Waals surface area contributed by atoms with Crippen molar-refractivity contribution in [1.29, 1.82) is 0 Å². The normalized spacial score (nSPS) is 11.9. The first-order valence-corrected chi connectivity index (χ1v) is 8.07. The van der Waals surface area contributed by atoms with Crippen LogP contribution in [0.25, 0.3) is 10.9 Å². The highest BCUT2D eigenvalue weighted by atomic mass is 16.5. The van der Waals surface area contributed by atoms with Crippen LogP contribution in [-0.2, 0) is 23.0 Å². The van der Waals surface area contributed by atoms with E-state index in [4.69, 9.17) is 4.74 Å². The van der Waals surface area contributed by atoms with Gasteiger partial charge in [-0.15, -0.1) is 0 Å². The lowest BCUT2D eigenvalue weighted by molar-refractivity contribution is -0.142. The fourth-order valence-electron chi connectivity index (χ4n) is 2.92. The molecule has 1 atom stereocenters. The first-order valence-electron chi connectivity index (χ1n) is 8.07. The van der Waals surface area contributed by atoms with Gasteiger partial charge in [0.1, 0.15) is 6.04 Å². The van der Waals surface area contributed by atoms with Gasteiger partial charge in [-0.25, -0.2) is 4.79 Å². The van der Waals surface area contributed by atoms with Gasteiger partial charge >= 0.3 is 5.97 Å². The molecule has 1 amide bonds. The van der Waals surface area contributed by atoms with E-state index in [1.54, 1.807) is 6.07 Å². The predicted octanol–water partition coefficient (Wildman–Crippen LogP) is 2.69. The molecule has 2 aromatic carbocycles. The van der Waals surface area contributed by atoms with Crippen molar-refractivity contribution < 1.29 is 14.3 Å². The van der Waals surface area contributed by atoms with E-state index in [1.807, 2.05) is 66.3 Å². The summed E-state index contributed by atoms with van der Waals surface area (Å²) < 4.78 is 6.81. The molecule has 1 N–H and O–H groups in total. The molecule has 25 heavy (non-hydrogen) atoms. The fraction of sp³-hybridized carbons (Fsp3) is 0.200. The molecular weight excluding hydrogens is 316 g/mol. The van der Waals surface area contributed by atoms with Crippen LogP contribution in [0.3, 0.4) is 0 Å². The number of benzene rings is 2. The van der Waals surface area contributed by atoms with E-state index >= 15 is 0 Å². The molecule has 0 bridgehead atoms. The number of carbonyl (C=O) groups excluding carboxylic acids is 2. The van der Waals surface area contributed by atoms with E-state index in [2.05, 4.69) is 5.32 Å². The van der Waals surface area contributed by atoms with Gasteiger partial charge in [-0.05, 0) is 23.8 Å². The van der Waals surface area contributed by atoms with Gasteiger partial charge in [0, 0.05) is 36.1 Å². The van der Waals surface area contributed by atoms with Crippen LogP contribution < -0.4 is 5.32 Å². The third-order valence-corrected chi connectivity index (χ3v) is 4.25. The minimum absolute atomic E-state index is 0.289. The number of esters is 1. The molecule has 0 spiro atoms. The standard InChI is InChI=1S/C20H20N2O3/c1-22-12-11-15-16(9-6-10-18(15)22)19(23)21-17(20(24)25-2)13-14-7-4-3-5-8-14/h3-12,17H,13H2,1-2H3,(H,21,23). The van der Waals surface area contributed by atoms with Crippen molar-refractivity contribution in [3.63, 3.8) is 0 Å². The zero-order valence-electron chi connectivity index (χ0n) is 14.2. The molecule has 1 heterocycles. The highest BCUT2D eigenvalue weighted by Gasteiger charge is 2.23. The number of carbonyl (C=O) groups is 2. The van der Waals surface area contributed by atoms with Crippen LogP contribution in [0.5, 0.6) is 0 Å². The van der Waals surface area contributed by atoms with E-state index in [-0.39, 0.29) is 5.91 Å². The number of hydrogen-bond donors (Lipinski definition) is 1. The summed E-state index contributed by atoms with van der Waals surface area (Å²) in [7, 11) is 3.25. The average molecular weight is 336 g/mol. The largest absolute Gasteiger partial charge is 0.467 e. The highest BCUT2D eigenvalue weighted by Crippen LogP contribution is 2.19. The van der Waals surface area contributed by atoms with E-state index < -0.39 is 12.0 Å². The van der Waals surface area contributed by atoms with E-state index in [1.165, 1.54) is 7.11 Å². The second-order valence-corrected chi connectivity index (χ2v) is 5.90. The zero-order valence-corrected chi connectivity index (χ0v) is 14.2. The number of aryl methyl sites for hydroxylation is 1. The highest BCUT2D eigenvalue weighted by molar-refractivity contribution is 6.07. The second-order valence-electron chi connectivity index (χ2n) is 5.90.